The number of rotatable bonds is 7. The summed E-state index contributed by atoms with van der Waals surface area (Å²) in [6.45, 7) is -0.480. The second-order valence-electron chi connectivity index (χ2n) is 9.56. The van der Waals surface area contributed by atoms with Gasteiger partial charge in [0.15, 0.2) is 27.3 Å². The molecule has 1 amide bonds. The van der Waals surface area contributed by atoms with Gasteiger partial charge in [-0.1, -0.05) is 11.6 Å². The lowest BCUT2D eigenvalue weighted by Gasteiger charge is -2.40. The number of hydrogen-bond acceptors (Lipinski definition) is 7. The summed E-state index contributed by atoms with van der Waals surface area (Å²) in [6, 6.07) is 4.65. The summed E-state index contributed by atoms with van der Waals surface area (Å²) in [7, 11) is -7.92. The molecule has 8 nitrogen and oxygen atoms in total. The van der Waals surface area contributed by atoms with Crippen molar-refractivity contribution < 1.29 is 44.1 Å². The Morgan fingerprint density at radius 3 is 2.19 bits per heavy atom. The van der Waals surface area contributed by atoms with E-state index >= 15 is 0 Å². The number of carbonyl (C=O) groups excluding carboxylic acids is 1. The summed E-state index contributed by atoms with van der Waals surface area (Å²) in [5, 5.41) is 12.0. The lowest BCUT2D eigenvalue weighted by Crippen LogP contribution is -2.48. The first kappa shape index (κ1) is 27.8. The van der Waals surface area contributed by atoms with Crippen LogP contribution in [0.1, 0.15) is 36.0 Å². The van der Waals surface area contributed by atoms with Gasteiger partial charge in [0.2, 0.25) is 0 Å². The number of carbonyl (C=O) groups is 1. The average Bonchev–Trinajstić information content (AvgIpc) is 3.09. The minimum atomic E-state index is -4.12. The van der Waals surface area contributed by atoms with E-state index in [0.29, 0.717) is 25.0 Å². The molecule has 202 valence electrons. The summed E-state index contributed by atoms with van der Waals surface area (Å²) >= 11 is 6.21. The first-order valence-corrected chi connectivity index (χ1v) is 14.9. The number of benzene rings is 2. The van der Waals surface area contributed by atoms with Gasteiger partial charge >= 0.3 is 0 Å². The lowest BCUT2D eigenvalue weighted by molar-refractivity contribution is -0.0507. The van der Waals surface area contributed by atoms with E-state index in [1.165, 1.54) is 12.1 Å². The monoisotopic (exact) mass is 581 g/mol. The quantitative estimate of drug-likeness (QED) is 0.377. The number of aliphatic hydroxyl groups is 1. The molecule has 2 aliphatic rings. The predicted molar refractivity (Wildman–Crippen MR) is 128 cm³/mol. The third-order valence-corrected chi connectivity index (χ3v) is 10.2. The van der Waals surface area contributed by atoms with Gasteiger partial charge in [-0.05, 0) is 55.7 Å². The van der Waals surface area contributed by atoms with Crippen LogP contribution in [0.5, 0.6) is 0 Å². The van der Waals surface area contributed by atoms with Crippen LogP contribution >= 0.6 is 11.6 Å². The summed E-state index contributed by atoms with van der Waals surface area (Å²) in [6.07, 6.45) is 1.82. The molecule has 4 rings (SSSR count). The average molecular weight is 582 g/mol. The Hall–Kier alpha value is -2.19. The van der Waals surface area contributed by atoms with Gasteiger partial charge in [-0.15, -0.1) is 0 Å². The highest BCUT2D eigenvalue weighted by atomic mass is 35.5. The maximum Gasteiger partial charge on any atom is 0.264 e. The van der Waals surface area contributed by atoms with E-state index in [1.54, 1.807) is 0 Å². The van der Waals surface area contributed by atoms with Crippen LogP contribution in [0.4, 0.5) is 18.9 Å². The number of anilines is 1. The number of fused-ring (bicyclic) bond motifs is 2. The number of hydrogen-bond donors (Lipinski definition) is 2. The van der Waals surface area contributed by atoms with E-state index in [1.807, 2.05) is 0 Å². The molecule has 14 heteroatoms. The molecule has 2 saturated carbocycles. The van der Waals surface area contributed by atoms with Gasteiger partial charge < -0.3 is 10.4 Å². The molecule has 0 heterocycles. The highest BCUT2D eigenvalue weighted by molar-refractivity contribution is 7.92. The molecular weight excluding hydrogens is 559 g/mol. The highest BCUT2D eigenvalue weighted by Gasteiger charge is 2.54. The molecule has 2 aromatic carbocycles. The van der Waals surface area contributed by atoms with E-state index in [0.717, 1.165) is 12.3 Å². The number of nitrogens with one attached hydrogen (secondary N) is 1. The Bertz CT molecular complexity index is 1430. The zero-order chi connectivity index (χ0) is 27.3. The summed E-state index contributed by atoms with van der Waals surface area (Å²) in [5.74, 6) is -6.63. The molecule has 37 heavy (non-hydrogen) atoms. The SMILES string of the molecule is CS(=O)(=O)OCC1(O)CC2CC[C@@H](C1)C2S(=O)(=O)c1cc(C(=O)Nc2cc(F)c(F)c(F)c2)ccc1Cl. The first-order valence-electron chi connectivity index (χ1n) is 11.2. The van der Waals surface area contributed by atoms with Crippen molar-refractivity contribution in [2.24, 2.45) is 11.8 Å². The van der Waals surface area contributed by atoms with Gasteiger partial charge in [-0.25, -0.2) is 21.6 Å². The molecule has 0 saturated heterocycles. The standard InChI is InChI=1S/C23H23ClF3NO7S2/c1-36(31,32)35-11-23(30)9-13-2-3-14(10-23)21(13)37(33,34)19-6-12(4-5-16(19)24)22(29)28-15-7-17(25)20(27)18(26)8-15/h4-8,13-14,21,30H,2-3,9-11H2,1H3,(H,28,29)/t13-,14?,21?,23?/m0/s1. The molecule has 3 unspecified atom stereocenters. The molecule has 0 aliphatic heterocycles. The van der Waals surface area contributed by atoms with Crippen molar-refractivity contribution >= 4 is 43.2 Å². The Labute approximate surface area is 216 Å². The molecule has 2 N–H and O–H groups in total. The van der Waals surface area contributed by atoms with Gasteiger partial charge in [0.25, 0.3) is 16.0 Å². The number of sulfone groups is 1. The summed E-state index contributed by atoms with van der Waals surface area (Å²) < 4.78 is 95.1. The highest BCUT2D eigenvalue weighted by Crippen LogP contribution is 2.51. The fraction of sp³-hybridized carbons (Fsp3) is 0.435. The van der Waals surface area contributed by atoms with Crippen molar-refractivity contribution in [2.45, 2.75) is 41.4 Å². The minimum Gasteiger partial charge on any atom is -0.387 e. The lowest BCUT2D eigenvalue weighted by atomic mass is 9.77. The Morgan fingerprint density at radius 2 is 1.65 bits per heavy atom. The van der Waals surface area contributed by atoms with Crippen LogP contribution < -0.4 is 5.32 Å². The zero-order valence-electron chi connectivity index (χ0n) is 19.4. The molecule has 4 atom stereocenters. The molecule has 2 bridgehead atoms. The van der Waals surface area contributed by atoms with Gasteiger partial charge in [0, 0.05) is 23.4 Å². The second-order valence-corrected chi connectivity index (χ2v) is 13.7. The van der Waals surface area contributed by atoms with Crippen LogP contribution in [-0.4, -0.2) is 51.6 Å². The van der Waals surface area contributed by atoms with E-state index in [-0.39, 0.29) is 34.0 Å². The summed E-state index contributed by atoms with van der Waals surface area (Å²) in [5.41, 5.74) is -2.05. The molecule has 2 fully saturated rings. The van der Waals surface area contributed by atoms with Crippen LogP contribution in [0.25, 0.3) is 0 Å². The van der Waals surface area contributed by atoms with Crippen LogP contribution in [-0.2, 0) is 24.1 Å². The van der Waals surface area contributed by atoms with E-state index in [9.17, 15) is 39.9 Å². The molecular formula is C23H23ClF3NO7S2. The number of amides is 1. The van der Waals surface area contributed by atoms with Crippen molar-refractivity contribution in [3.05, 3.63) is 58.4 Å². The fourth-order valence-corrected chi connectivity index (χ4v) is 8.59. The Balaban J connectivity index is 1.58. The van der Waals surface area contributed by atoms with Gasteiger partial charge in [-0.2, -0.15) is 8.42 Å². The maximum atomic E-state index is 13.7. The van der Waals surface area contributed by atoms with Crippen molar-refractivity contribution in [1.82, 2.24) is 0 Å². The minimum absolute atomic E-state index is 0.00239. The summed E-state index contributed by atoms with van der Waals surface area (Å²) in [4.78, 5) is 12.4. The zero-order valence-corrected chi connectivity index (χ0v) is 21.8. The second kappa shape index (κ2) is 9.84. The fourth-order valence-electron chi connectivity index (χ4n) is 5.32. The van der Waals surface area contributed by atoms with Crippen molar-refractivity contribution in [1.29, 1.82) is 0 Å². The molecule has 0 aromatic heterocycles. The van der Waals surface area contributed by atoms with Gasteiger partial charge in [0.1, 0.15) is 0 Å². The van der Waals surface area contributed by atoms with Crippen LogP contribution in [0.3, 0.4) is 0 Å². The molecule has 0 spiro atoms. The van der Waals surface area contributed by atoms with Crippen LogP contribution in [0, 0.1) is 29.3 Å². The maximum absolute atomic E-state index is 13.7. The smallest absolute Gasteiger partial charge is 0.264 e. The van der Waals surface area contributed by atoms with E-state index in [2.05, 4.69) is 5.32 Å². The van der Waals surface area contributed by atoms with Crippen molar-refractivity contribution in [2.75, 3.05) is 18.2 Å². The number of halogens is 4. The Kier molecular flexibility index (Phi) is 7.40. The predicted octanol–water partition coefficient (Wildman–Crippen LogP) is 3.68. The topological polar surface area (TPSA) is 127 Å². The van der Waals surface area contributed by atoms with Gasteiger partial charge in [-0.3, -0.25) is 8.98 Å². The molecule has 2 aliphatic carbocycles. The van der Waals surface area contributed by atoms with E-state index in [4.69, 9.17) is 15.8 Å². The largest absolute Gasteiger partial charge is 0.387 e. The molecule has 2 aromatic rings. The third-order valence-electron chi connectivity index (χ3n) is 6.76. The molecule has 0 radical (unpaired) electrons. The Morgan fingerprint density at radius 1 is 1.08 bits per heavy atom. The first-order chi connectivity index (χ1) is 17.1. The van der Waals surface area contributed by atoms with Crippen LogP contribution in [0.15, 0.2) is 35.2 Å². The third kappa shape index (κ3) is 5.80. The van der Waals surface area contributed by atoms with Crippen molar-refractivity contribution in [3.8, 4) is 0 Å². The normalized spacial score (nSPS) is 25.7. The van der Waals surface area contributed by atoms with E-state index < -0.39 is 72.6 Å². The van der Waals surface area contributed by atoms with Crippen LogP contribution in [0.2, 0.25) is 5.02 Å². The van der Waals surface area contributed by atoms with Gasteiger partial charge in [0.05, 0.1) is 33.6 Å². The van der Waals surface area contributed by atoms with Crippen molar-refractivity contribution in [3.63, 3.8) is 0 Å².